The highest BCUT2D eigenvalue weighted by Gasteiger charge is 2.23. The fourth-order valence-corrected chi connectivity index (χ4v) is 6.21. The maximum Gasteiger partial charge on any atom is 0.229 e. The normalized spacial score (nSPS) is 16.1. The first kappa shape index (κ1) is 23.8. The Balaban J connectivity index is 0.00000280. The Kier molecular flexibility index (Phi) is 8.10. The number of phenols is 1. The number of hydrogen-bond acceptors (Lipinski definition) is 5. The van der Waals surface area contributed by atoms with Gasteiger partial charge in [-0.15, -0.1) is 12.4 Å². The van der Waals surface area contributed by atoms with Crippen LogP contribution < -0.4 is 14.8 Å². The van der Waals surface area contributed by atoms with E-state index >= 15 is 0 Å². The third kappa shape index (κ3) is 5.55. The van der Waals surface area contributed by atoms with Gasteiger partial charge in [0, 0.05) is 6.04 Å². The molecule has 1 aliphatic rings. The summed E-state index contributed by atoms with van der Waals surface area (Å²) >= 11 is 4.54. The lowest BCUT2D eigenvalue weighted by atomic mass is 9.89. The van der Waals surface area contributed by atoms with Gasteiger partial charge in [0.05, 0.1) is 26.2 Å². The molecule has 1 heterocycles. The molecule has 0 aromatic heterocycles. The summed E-state index contributed by atoms with van der Waals surface area (Å²) in [6.45, 7) is 0.806. The first-order valence-electron chi connectivity index (χ1n) is 8.27. The Hall–Kier alpha value is -0.500. The van der Waals surface area contributed by atoms with Crippen molar-refractivity contribution in [3.63, 3.8) is 0 Å². The van der Waals surface area contributed by atoms with Crippen molar-refractivity contribution in [2.45, 2.75) is 18.9 Å². The number of rotatable bonds is 5. The van der Waals surface area contributed by atoms with Gasteiger partial charge in [-0.1, -0.05) is 0 Å². The van der Waals surface area contributed by atoms with Crippen LogP contribution in [0.3, 0.4) is 0 Å². The smallest absolute Gasteiger partial charge is 0.229 e. The molecule has 6 nitrogen and oxygen atoms in total. The summed E-state index contributed by atoms with van der Waals surface area (Å²) in [4.78, 5) is 0. The minimum absolute atomic E-state index is 0. The molecule has 0 saturated carbocycles. The Labute approximate surface area is 198 Å². The summed E-state index contributed by atoms with van der Waals surface area (Å²) in [5.74, 6) is 0.829. The molecule has 1 atom stereocenters. The van der Waals surface area contributed by atoms with Crippen LogP contribution in [-0.4, -0.2) is 33.4 Å². The molecule has 10 heteroatoms. The van der Waals surface area contributed by atoms with Gasteiger partial charge < -0.3 is 15.2 Å². The largest absolute Gasteiger partial charge is 0.506 e. The molecule has 0 aliphatic carbocycles. The maximum atomic E-state index is 11.6. The van der Waals surface area contributed by atoms with E-state index < -0.39 is 10.0 Å². The van der Waals surface area contributed by atoms with E-state index in [0.29, 0.717) is 0 Å². The number of ether oxygens (including phenoxy) is 1. The van der Waals surface area contributed by atoms with Crippen LogP contribution in [0.25, 0.3) is 0 Å². The van der Waals surface area contributed by atoms with Crippen LogP contribution in [0, 0.1) is 7.14 Å². The van der Waals surface area contributed by atoms with E-state index in [2.05, 4.69) is 67.4 Å². The third-order valence-electron chi connectivity index (χ3n) is 4.42. The van der Waals surface area contributed by atoms with Crippen LogP contribution in [0.1, 0.15) is 22.7 Å². The van der Waals surface area contributed by atoms with Crippen molar-refractivity contribution < 1.29 is 18.3 Å². The van der Waals surface area contributed by atoms with E-state index in [1.807, 2.05) is 0 Å². The Morgan fingerprint density at radius 1 is 1.25 bits per heavy atom. The number of hydrogen-bond donors (Lipinski definition) is 3. The molecule has 0 fully saturated rings. The molecule has 2 aromatic rings. The zero-order chi connectivity index (χ0) is 19.8. The van der Waals surface area contributed by atoms with Crippen molar-refractivity contribution in [2.75, 3.05) is 24.6 Å². The summed E-state index contributed by atoms with van der Waals surface area (Å²) in [6, 6.07) is 7.65. The van der Waals surface area contributed by atoms with Crippen molar-refractivity contribution in [3.8, 4) is 11.5 Å². The lowest BCUT2D eigenvalue weighted by Gasteiger charge is -2.28. The van der Waals surface area contributed by atoms with Gasteiger partial charge in [-0.2, -0.15) is 0 Å². The quantitative estimate of drug-likeness (QED) is 0.339. The third-order valence-corrected chi connectivity index (χ3v) is 6.61. The summed E-state index contributed by atoms with van der Waals surface area (Å²) in [6.07, 6.45) is 2.62. The molecule has 1 aliphatic heterocycles. The van der Waals surface area contributed by atoms with Crippen molar-refractivity contribution in [1.82, 2.24) is 5.32 Å². The second-order valence-electron chi connectivity index (χ2n) is 6.50. The number of nitrogens with one attached hydrogen (secondary N) is 2. The van der Waals surface area contributed by atoms with E-state index in [9.17, 15) is 13.5 Å². The number of fused-ring (bicyclic) bond motifs is 1. The summed E-state index contributed by atoms with van der Waals surface area (Å²) in [5.41, 5.74) is 3.42. The van der Waals surface area contributed by atoms with Crippen LogP contribution in [0.2, 0.25) is 0 Å². The lowest BCUT2D eigenvalue weighted by molar-refractivity contribution is 0.408. The van der Waals surface area contributed by atoms with Crippen molar-refractivity contribution in [2.24, 2.45) is 0 Å². The van der Waals surface area contributed by atoms with Crippen LogP contribution in [-0.2, 0) is 22.9 Å². The van der Waals surface area contributed by atoms with Crippen LogP contribution >= 0.6 is 57.6 Å². The summed E-state index contributed by atoms with van der Waals surface area (Å²) in [5, 5.41) is 13.7. The highest BCUT2D eigenvalue weighted by Crippen LogP contribution is 2.36. The van der Waals surface area contributed by atoms with Crippen molar-refractivity contribution in [1.29, 1.82) is 0 Å². The number of sulfonamides is 1. The predicted octanol–water partition coefficient (Wildman–Crippen LogP) is 3.83. The number of phenolic OH excluding ortho intramolecular Hbond substituents is 1. The van der Waals surface area contributed by atoms with Crippen LogP contribution in [0.5, 0.6) is 11.5 Å². The Morgan fingerprint density at radius 3 is 2.46 bits per heavy atom. The van der Waals surface area contributed by atoms with Gasteiger partial charge in [0.15, 0.2) is 0 Å². The molecule has 0 bridgehead atoms. The van der Waals surface area contributed by atoms with E-state index in [1.54, 1.807) is 19.2 Å². The van der Waals surface area contributed by atoms with E-state index in [-0.39, 0.29) is 29.9 Å². The summed E-state index contributed by atoms with van der Waals surface area (Å²) < 4.78 is 33.1. The summed E-state index contributed by atoms with van der Waals surface area (Å²) in [7, 11) is -1.80. The first-order chi connectivity index (χ1) is 12.7. The molecule has 0 spiro atoms. The highest BCUT2D eigenvalue weighted by atomic mass is 127. The van der Waals surface area contributed by atoms with Gasteiger partial charge in [-0.05, 0) is 106 Å². The second-order valence-corrected chi connectivity index (χ2v) is 10.6. The number of anilines is 1. The van der Waals surface area contributed by atoms with E-state index in [4.69, 9.17) is 4.74 Å². The fourth-order valence-electron chi connectivity index (χ4n) is 3.30. The molecule has 0 unspecified atom stereocenters. The van der Waals surface area contributed by atoms with Gasteiger partial charge in [0.2, 0.25) is 10.0 Å². The number of methoxy groups -OCH3 is 1. The van der Waals surface area contributed by atoms with E-state index in [1.165, 1.54) is 5.56 Å². The molecule has 0 amide bonds. The molecule has 154 valence electrons. The SMILES string of the molecule is COc1c(I)cc(C[C@@H]2NCCc3cc(O)c(NS(C)(=O)=O)cc32)cc1I.Cl. The standard InChI is InChI=1S/C18H20I2N2O4S.ClH/c1-26-18-13(19)5-10(6-14(18)20)7-15-12-9-16(22-27(2,24)25)17(23)8-11(12)3-4-21-15;/h5-6,8-9,15,21-23H,3-4,7H2,1-2H3;1H/t15-;/m0./s1. The Morgan fingerprint density at radius 2 is 1.89 bits per heavy atom. The predicted molar refractivity (Wildman–Crippen MR) is 130 cm³/mol. The van der Waals surface area contributed by atoms with Gasteiger partial charge in [0.1, 0.15) is 11.5 Å². The molecule has 0 radical (unpaired) electrons. The van der Waals surface area contributed by atoms with Gasteiger partial charge in [0.25, 0.3) is 0 Å². The molecular formula is C18H21ClI2N2O4S. The van der Waals surface area contributed by atoms with Gasteiger partial charge >= 0.3 is 0 Å². The molecule has 3 rings (SSSR count). The molecule has 3 N–H and O–H groups in total. The van der Waals surface area contributed by atoms with Gasteiger partial charge in [-0.25, -0.2) is 8.42 Å². The minimum atomic E-state index is -3.47. The van der Waals surface area contributed by atoms with Crippen LogP contribution in [0.15, 0.2) is 24.3 Å². The zero-order valence-corrected chi connectivity index (χ0v) is 21.2. The number of aromatic hydroxyl groups is 1. The second kappa shape index (κ2) is 9.54. The molecule has 28 heavy (non-hydrogen) atoms. The minimum Gasteiger partial charge on any atom is -0.506 e. The number of benzene rings is 2. The zero-order valence-electron chi connectivity index (χ0n) is 15.3. The monoisotopic (exact) mass is 650 g/mol. The highest BCUT2D eigenvalue weighted by molar-refractivity contribution is 14.1. The fraction of sp³-hybridized carbons (Fsp3) is 0.333. The Bertz CT molecular complexity index is 963. The molecular weight excluding hydrogens is 630 g/mol. The molecule has 0 saturated heterocycles. The van der Waals surface area contributed by atoms with Crippen LogP contribution in [0.4, 0.5) is 5.69 Å². The first-order valence-corrected chi connectivity index (χ1v) is 12.3. The number of halogens is 3. The topological polar surface area (TPSA) is 87.7 Å². The van der Waals surface area contributed by atoms with Gasteiger partial charge in [-0.3, -0.25) is 4.72 Å². The maximum absolute atomic E-state index is 11.6. The van der Waals surface area contributed by atoms with Crippen molar-refractivity contribution >= 4 is 73.3 Å². The molecule has 2 aromatic carbocycles. The lowest BCUT2D eigenvalue weighted by Crippen LogP contribution is -2.31. The average Bonchev–Trinajstić information content (AvgIpc) is 2.55. The van der Waals surface area contributed by atoms with Crippen molar-refractivity contribution in [3.05, 3.63) is 48.1 Å². The van der Waals surface area contributed by atoms with E-state index in [0.717, 1.165) is 49.7 Å². The average molecular weight is 651 g/mol.